The Morgan fingerprint density at radius 1 is 1.05 bits per heavy atom. The topological polar surface area (TPSA) is 129 Å². The molecule has 1 atom stereocenters. The van der Waals surface area contributed by atoms with E-state index in [1.165, 1.54) is 32.6 Å². The summed E-state index contributed by atoms with van der Waals surface area (Å²) >= 11 is 0. The van der Waals surface area contributed by atoms with Crippen molar-refractivity contribution >= 4 is 30.0 Å². The fourth-order valence-corrected chi connectivity index (χ4v) is 4.71. The Balaban J connectivity index is 1.51. The van der Waals surface area contributed by atoms with Crippen molar-refractivity contribution in [3.63, 3.8) is 0 Å². The van der Waals surface area contributed by atoms with Gasteiger partial charge < -0.3 is 20.9 Å². The summed E-state index contributed by atoms with van der Waals surface area (Å²) in [6.45, 7) is 0. The summed E-state index contributed by atoms with van der Waals surface area (Å²) in [5.74, 6) is -0.881. The number of nitrogens with zero attached hydrogens (tertiary/aromatic N) is 4. The minimum atomic E-state index is -0.912. The number of hydrazone groups is 1. The molecule has 2 heterocycles. The van der Waals surface area contributed by atoms with Gasteiger partial charge in [-0.2, -0.15) is 10.1 Å². The lowest BCUT2D eigenvalue weighted by atomic mass is 9.92. The van der Waals surface area contributed by atoms with E-state index in [4.69, 9.17) is 20.9 Å². The molecule has 0 radical (unpaired) electrons. The average molecular weight is 557 g/mol. The van der Waals surface area contributed by atoms with Gasteiger partial charge in [-0.25, -0.2) is 18.8 Å². The minimum absolute atomic E-state index is 0.0718. The molecule has 1 aromatic heterocycles. The van der Waals surface area contributed by atoms with E-state index in [0.717, 1.165) is 28.3 Å². The molecule has 0 saturated heterocycles. The summed E-state index contributed by atoms with van der Waals surface area (Å²) in [4.78, 5) is 21.6. The summed E-state index contributed by atoms with van der Waals surface area (Å²) in [6, 6.07) is 13.1. The molecule has 1 unspecified atom stereocenters. The van der Waals surface area contributed by atoms with E-state index in [2.05, 4.69) is 15.1 Å². The lowest BCUT2D eigenvalue weighted by Gasteiger charge is -2.31. The van der Waals surface area contributed by atoms with Crippen molar-refractivity contribution in [2.45, 2.75) is 12.5 Å². The lowest BCUT2D eigenvalue weighted by molar-refractivity contribution is -0.127. The zero-order chi connectivity index (χ0) is 29.1. The normalized spacial score (nSPS) is 14.2. The third kappa shape index (κ3) is 5.55. The molecule has 1 aliphatic heterocycles. The molecule has 11 heteroatoms. The highest BCUT2D eigenvalue weighted by Crippen LogP contribution is 2.37. The highest BCUT2D eigenvalue weighted by molar-refractivity contribution is 5.95. The second-order valence-electron chi connectivity index (χ2n) is 9.19. The number of halogens is 2. The number of amides is 1. The molecular weight excluding hydrogens is 530 g/mol. The number of carbonyl (C=O) groups is 1. The molecule has 4 N–H and O–H groups in total. The Morgan fingerprint density at radius 2 is 1.85 bits per heavy atom. The molecule has 1 amide bonds. The van der Waals surface area contributed by atoms with Gasteiger partial charge in [-0.05, 0) is 35.4 Å². The molecule has 1 aliphatic rings. The van der Waals surface area contributed by atoms with Crippen LogP contribution in [-0.4, -0.2) is 41.3 Å². The third-order valence-corrected chi connectivity index (χ3v) is 6.62. The molecule has 0 fully saturated rings. The number of methoxy groups -OCH3 is 2. The number of ether oxygens (including phenoxy) is 2. The van der Waals surface area contributed by atoms with Crippen LogP contribution in [0.15, 0.2) is 72.0 Å². The number of benzene rings is 3. The van der Waals surface area contributed by atoms with Crippen LogP contribution in [-0.2, 0) is 11.2 Å². The number of rotatable bonds is 7. The van der Waals surface area contributed by atoms with E-state index in [0.29, 0.717) is 34.6 Å². The van der Waals surface area contributed by atoms with Crippen LogP contribution in [0.4, 0.5) is 20.5 Å². The number of hydrogen-bond donors (Lipinski definition) is 2. The molecule has 0 aliphatic carbocycles. The van der Waals surface area contributed by atoms with Crippen molar-refractivity contribution in [2.75, 3.05) is 25.7 Å². The molecule has 208 valence electrons. The van der Waals surface area contributed by atoms with Crippen LogP contribution in [0.2, 0.25) is 0 Å². The first kappa shape index (κ1) is 27.3. The predicted molar refractivity (Wildman–Crippen MR) is 151 cm³/mol. The fraction of sp³-hybridized carbons (Fsp3) is 0.133. The van der Waals surface area contributed by atoms with Crippen LogP contribution in [0.5, 0.6) is 11.5 Å². The van der Waals surface area contributed by atoms with Gasteiger partial charge in [0.25, 0.3) is 5.91 Å². The highest BCUT2D eigenvalue weighted by atomic mass is 19.1. The Bertz CT molecular complexity index is 1690. The van der Waals surface area contributed by atoms with E-state index in [1.807, 2.05) is 18.2 Å². The highest BCUT2D eigenvalue weighted by Gasteiger charge is 2.32. The van der Waals surface area contributed by atoms with Gasteiger partial charge in [0.15, 0.2) is 11.5 Å². The van der Waals surface area contributed by atoms with E-state index in [-0.39, 0.29) is 17.3 Å². The summed E-state index contributed by atoms with van der Waals surface area (Å²) in [6.07, 6.45) is 6.31. The van der Waals surface area contributed by atoms with Gasteiger partial charge in [0.2, 0.25) is 5.95 Å². The number of nitrogen functional groups attached to an aromatic ring is 2. The van der Waals surface area contributed by atoms with Gasteiger partial charge in [-0.15, -0.1) is 0 Å². The number of carbonyl (C=O) groups excluding carboxylic acids is 1. The van der Waals surface area contributed by atoms with E-state index < -0.39 is 23.6 Å². The maximum absolute atomic E-state index is 15.0. The van der Waals surface area contributed by atoms with Crippen molar-refractivity contribution in [3.05, 3.63) is 112 Å². The quantitative estimate of drug-likeness (QED) is 0.321. The maximum atomic E-state index is 15.0. The maximum Gasteiger partial charge on any atom is 0.267 e. The second kappa shape index (κ2) is 11.4. The van der Waals surface area contributed by atoms with Crippen LogP contribution in [0.3, 0.4) is 0 Å². The van der Waals surface area contributed by atoms with Crippen LogP contribution in [0, 0.1) is 11.6 Å². The largest absolute Gasteiger partial charge is 0.493 e. The van der Waals surface area contributed by atoms with Crippen LogP contribution < -0.4 is 20.9 Å². The summed E-state index contributed by atoms with van der Waals surface area (Å²) < 4.78 is 39.8. The Morgan fingerprint density at radius 3 is 2.59 bits per heavy atom. The smallest absolute Gasteiger partial charge is 0.267 e. The van der Waals surface area contributed by atoms with Crippen molar-refractivity contribution in [3.8, 4) is 11.5 Å². The zero-order valence-corrected chi connectivity index (χ0v) is 22.2. The molecule has 0 spiro atoms. The minimum Gasteiger partial charge on any atom is -0.493 e. The van der Waals surface area contributed by atoms with Gasteiger partial charge in [-0.1, -0.05) is 30.3 Å². The molecule has 9 nitrogen and oxygen atoms in total. The first-order valence-corrected chi connectivity index (χ1v) is 12.5. The number of nitrogens with two attached hydrogens (primary N) is 2. The number of fused-ring (bicyclic) bond motifs is 1. The molecule has 0 bridgehead atoms. The van der Waals surface area contributed by atoms with Gasteiger partial charge in [0.05, 0.1) is 20.4 Å². The monoisotopic (exact) mass is 556 g/mol. The Kier molecular flexibility index (Phi) is 7.59. The molecule has 4 aromatic rings. The fourth-order valence-electron chi connectivity index (χ4n) is 4.71. The van der Waals surface area contributed by atoms with E-state index in [9.17, 15) is 13.6 Å². The molecule has 5 rings (SSSR count). The van der Waals surface area contributed by atoms with Crippen molar-refractivity contribution in [2.24, 2.45) is 5.10 Å². The number of aromatic nitrogens is 2. The molecule has 0 saturated carbocycles. The first-order valence-electron chi connectivity index (χ1n) is 12.5. The summed E-state index contributed by atoms with van der Waals surface area (Å²) in [5.41, 5.74) is 15.1. The standard InChI is InChI=1S/C30H26F2N6O3/c1-40-25-13-17(12-20-15-35-30(34)37-29(20)33)11-18(28(25)41-2)7-10-26(39)38-27(23-9-8-21(31)14-24(23)32)22-6-4-3-5-19(22)16-36-38/h3-11,13-16,27H,12H2,1-2H3,(H4,33,34,35,37). The SMILES string of the molecule is COc1cc(Cc2cnc(N)nc2N)cc(C=CC(=O)N2N=Cc3ccccc3C2c2ccc(F)cc2F)c1OC. The van der Waals surface area contributed by atoms with Crippen LogP contribution >= 0.6 is 0 Å². The van der Waals surface area contributed by atoms with Crippen LogP contribution in [0.1, 0.15) is 39.4 Å². The summed E-state index contributed by atoms with van der Waals surface area (Å²) in [5, 5.41) is 5.49. The Labute approximate surface area is 234 Å². The number of hydrogen-bond acceptors (Lipinski definition) is 8. The molecule has 41 heavy (non-hydrogen) atoms. The molecular formula is C30H26F2N6O3. The van der Waals surface area contributed by atoms with Crippen molar-refractivity contribution in [1.82, 2.24) is 15.0 Å². The third-order valence-electron chi connectivity index (χ3n) is 6.62. The molecule has 3 aromatic carbocycles. The second-order valence-corrected chi connectivity index (χ2v) is 9.19. The Hall–Kier alpha value is -5.32. The summed E-state index contributed by atoms with van der Waals surface area (Å²) in [7, 11) is 2.99. The van der Waals surface area contributed by atoms with Crippen molar-refractivity contribution in [1.29, 1.82) is 0 Å². The van der Waals surface area contributed by atoms with Crippen molar-refractivity contribution < 1.29 is 23.0 Å². The first-order chi connectivity index (χ1) is 19.8. The van der Waals surface area contributed by atoms with Gasteiger partial charge >= 0.3 is 0 Å². The lowest BCUT2D eigenvalue weighted by Crippen LogP contribution is -2.33. The average Bonchev–Trinajstić information content (AvgIpc) is 2.96. The van der Waals surface area contributed by atoms with Crippen LogP contribution in [0.25, 0.3) is 6.08 Å². The van der Waals surface area contributed by atoms with Gasteiger partial charge in [0, 0.05) is 47.0 Å². The van der Waals surface area contributed by atoms with E-state index in [1.54, 1.807) is 30.5 Å². The predicted octanol–water partition coefficient (Wildman–Crippen LogP) is 4.51. The van der Waals surface area contributed by atoms with Gasteiger partial charge in [0.1, 0.15) is 23.5 Å². The zero-order valence-electron chi connectivity index (χ0n) is 22.2. The van der Waals surface area contributed by atoms with E-state index >= 15 is 0 Å². The van der Waals surface area contributed by atoms with Gasteiger partial charge in [-0.3, -0.25) is 4.79 Å². The number of anilines is 2.